The monoisotopic (exact) mass is 238 g/mol. The first kappa shape index (κ1) is 10.8. The molecule has 0 fully saturated rings. The average molecular weight is 238 g/mol. The van der Waals surface area contributed by atoms with Crippen LogP contribution in [-0.2, 0) is 6.42 Å². The molecule has 1 aromatic carbocycles. The molecule has 2 N–H and O–H groups in total. The van der Waals surface area contributed by atoms with Crippen molar-refractivity contribution in [3.63, 3.8) is 0 Å². The van der Waals surface area contributed by atoms with Crippen molar-refractivity contribution in [3.8, 4) is 5.69 Å². The van der Waals surface area contributed by atoms with E-state index in [0.29, 0.717) is 0 Å². The van der Waals surface area contributed by atoms with Crippen molar-refractivity contribution in [2.75, 3.05) is 5.73 Å². The van der Waals surface area contributed by atoms with Gasteiger partial charge in [0.15, 0.2) is 0 Å². The number of nitrogens with zero attached hydrogens (tertiary/aromatic N) is 3. The lowest BCUT2D eigenvalue weighted by Gasteiger charge is -2.10. The number of imidazole rings is 1. The summed E-state index contributed by atoms with van der Waals surface area (Å²) in [5.74, 6) is 1.02. The average Bonchev–Trinajstić information content (AvgIpc) is 2.88. The van der Waals surface area contributed by atoms with E-state index in [1.807, 2.05) is 36.7 Å². The maximum atomic E-state index is 5.98. The van der Waals surface area contributed by atoms with Crippen LogP contribution in [0.4, 0.5) is 5.69 Å². The minimum Gasteiger partial charge on any atom is -0.398 e. The third-order valence-electron chi connectivity index (χ3n) is 3.08. The number of hydrogen-bond donors (Lipinski definition) is 1. The first-order chi connectivity index (χ1) is 8.81. The van der Waals surface area contributed by atoms with Gasteiger partial charge < -0.3 is 10.3 Å². The lowest BCUT2D eigenvalue weighted by molar-refractivity contribution is 0.894. The Morgan fingerprint density at radius 1 is 1.17 bits per heavy atom. The van der Waals surface area contributed by atoms with Crippen molar-refractivity contribution < 1.29 is 0 Å². The van der Waals surface area contributed by atoms with Crippen molar-refractivity contribution >= 4 is 16.6 Å². The molecule has 3 aromatic rings. The van der Waals surface area contributed by atoms with Gasteiger partial charge in [-0.05, 0) is 24.3 Å². The summed E-state index contributed by atoms with van der Waals surface area (Å²) >= 11 is 0. The normalized spacial score (nSPS) is 10.9. The zero-order valence-corrected chi connectivity index (χ0v) is 10.2. The van der Waals surface area contributed by atoms with Crippen LogP contribution in [0.2, 0.25) is 0 Å². The van der Waals surface area contributed by atoms with E-state index >= 15 is 0 Å². The summed E-state index contributed by atoms with van der Waals surface area (Å²) in [5.41, 5.74) is 8.66. The first-order valence-corrected chi connectivity index (χ1v) is 5.97. The molecule has 0 amide bonds. The van der Waals surface area contributed by atoms with Gasteiger partial charge in [-0.25, -0.2) is 4.98 Å². The number of fused-ring (bicyclic) bond motifs is 1. The van der Waals surface area contributed by atoms with E-state index in [0.717, 1.165) is 34.5 Å². The van der Waals surface area contributed by atoms with Gasteiger partial charge in [0.25, 0.3) is 0 Å². The number of aryl methyl sites for hydroxylation is 1. The second-order valence-corrected chi connectivity index (χ2v) is 4.14. The highest BCUT2D eigenvalue weighted by Crippen LogP contribution is 2.26. The van der Waals surface area contributed by atoms with Gasteiger partial charge >= 0.3 is 0 Å². The van der Waals surface area contributed by atoms with Crippen LogP contribution in [0.3, 0.4) is 0 Å². The van der Waals surface area contributed by atoms with Gasteiger partial charge in [0, 0.05) is 36.1 Å². The fourth-order valence-corrected chi connectivity index (χ4v) is 2.19. The molecule has 0 atom stereocenters. The first-order valence-electron chi connectivity index (χ1n) is 5.97. The van der Waals surface area contributed by atoms with Crippen molar-refractivity contribution in [1.29, 1.82) is 0 Å². The molecule has 0 radical (unpaired) electrons. The Bertz CT molecular complexity index is 700. The molecule has 0 spiro atoms. The molecule has 0 saturated carbocycles. The number of hydrogen-bond acceptors (Lipinski definition) is 3. The number of aromatic nitrogens is 3. The molecule has 2 aromatic heterocycles. The molecule has 4 heteroatoms. The summed E-state index contributed by atoms with van der Waals surface area (Å²) in [6.07, 6.45) is 6.43. The lowest BCUT2D eigenvalue weighted by atomic mass is 10.1. The molecule has 0 aliphatic heterocycles. The van der Waals surface area contributed by atoms with E-state index < -0.39 is 0 Å². The molecular formula is C14H14N4. The van der Waals surface area contributed by atoms with Crippen molar-refractivity contribution in [2.24, 2.45) is 0 Å². The number of anilines is 1. The summed E-state index contributed by atoms with van der Waals surface area (Å²) in [5, 5.41) is 0.978. The van der Waals surface area contributed by atoms with E-state index in [-0.39, 0.29) is 0 Å². The SMILES string of the molecule is CCc1nccn1-c1ccc(N)c2cccnc12. The second-order valence-electron chi connectivity index (χ2n) is 4.14. The second kappa shape index (κ2) is 4.14. The van der Waals surface area contributed by atoms with Gasteiger partial charge in [-0.2, -0.15) is 0 Å². The Labute approximate surface area is 105 Å². The van der Waals surface area contributed by atoms with E-state index in [2.05, 4.69) is 21.5 Å². The minimum absolute atomic E-state index is 0.750. The number of nitrogen functional groups attached to an aromatic ring is 1. The lowest BCUT2D eigenvalue weighted by Crippen LogP contribution is -2.01. The molecule has 0 aliphatic carbocycles. The highest BCUT2D eigenvalue weighted by molar-refractivity contribution is 5.95. The van der Waals surface area contributed by atoms with E-state index in [4.69, 9.17) is 5.73 Å². The summed E-state index contributed by atoms with van der Waals surface area (Å²) in [6.45, 7) is 2.09. The summed E-state index contributed by atoms with van der Waals surface area (Å²) in [6, 6.07) is 7.80. The van der Waals surface area contributed by atoms with Crippen molar-refractivity contribution in [1.82, 2.24) is 14.5 Å². The quantitative estimate of drug-likeness (QED) is 0.698. The van der Waals surface area contributed by atoms with Gasteiger partial charge in [-0.1, -0.05) is 6.92 Å². The van der Waals surface area contributed by atoms with Gasteiger partial charge in [-0.15, -0.1) is 0 Å². The molecule has 0 unspecified atom stereocenters. The molecule has 2 heterocycles. The summed E-state index contributed by atoms with van der Waals surface area (Å²) in [4.78, 5) is 8.79. The van der Waals surface area contributed by atoms with Crippen LogP contribution in [0.25, 0.3) is 16.6 Å². The standard InChI is InChI=1S/C14H14N4/c1-2-13-16-8-9-18(13)12-6-5-11(15)10-4-3-7-17-14(10)12/h3-9H,2,15H2,1H3. The third-order valence-corrected chi connectivity index (χ3v) is 3.08. The number of benzene rings is 1. The highest BCUT2D eigenvalue weighted by Gasteiger charge is 2.09. The molecule has 3 rings (SSSR count). The molecule has 4 nitrogen and oxygen atoms in total. The predicted molar refractivity (Wildman–Crippen MR) is 72.7 cm³/mol. The van der Waals surface area contributed by atoms with Crippen LogP contribution < -0.4 is 5.73 Å². The smallest absolute Gasteiger partial charge is 0.112 e. The molecule has 18 heavy (non-hydrogen) atoms. The largest absolute Gasteiger partial charge is 0.398 e. The Morgan fingerprint density at radius 2 is 2.06 bits per heavy atom. The third kappa shape index (κ3) is 1.54. The van der Waals surface area contributed by atoms with E-state index in [1.54, 1.807) is 6.20 Å². The van der Waals surface area contributed by atoms with Crippen molar-refractivity contribution in [3.05, 3.63) is 48.7 Å². The van der Waals surface area contributed by atoms with Gasteiger partial charge in [0.05, 0.1) is 11.2 Å². The fraction of sp³-hybridized carbons (Fsp3) is 0.143. The zero-order valence-electron chi connectivity index (χ0n) is 10.2. The Balaban J connectivity index is 2.34. The molecule has 90 valence electrons. The number of pyridine rings is 1. The minimum atomic E-state index is 0.750. The van der Waals surface area contributed by atoms with Crippen LogP contribution in [-0.4, -0.2) is 14.5 Å². The Hall–Kier alpha value is -2.36. The Morgan fingerprint density at radius 3 is 2.89 bits per heavy atom. The van der Waals surface area contributed by atoms with Crippen LogP contribution in [0.15, 0.2) is 42.9 Å². The van der Waals surface area contributed by atoms with E-state index in [1.165, 1.54) is 0 Å². The summed E-state index contributed by atoms with van der Waals surface area (Å²) in [7, 11) is 0. The maximum Gasteiger partial charge on any atom is 0.112 e. The van der Waals surface area contributed by atoms with Gasteiger partial charge in [0.2, 0.25) is 0 Å². The van der Waals surface area contributed by atoms with Crippen LogP contribution >= 0.6 is 0 Å². The van der Waals surface area contributed by atoms with Crippen molar-refractivity contribution in [2.45, 2.75) is 13.3 Å². The van der Waals surface area contributed by atoms with Crippen LogP contribution in [0.1, 0.15) is 12.7 Å². The molecule has 0 bridgehead atoms. The molecular weight excluding hydrogens is 224 g/mol. The zero-order chi connectivity index (χ0) is 12.5. The summed E-state index contributed by atoms with van der Waals surface area (Å²) < 4.78 is 2.06. The van der Waals surface area contributed by atoms with Crippen LogP contribution in [0, 0.1) is 0 Å². The number of nitrogens with two attached hydrogens (primary N) is 1. The van der Waals surface area contributed by atoms with Gasteiger partial charge in [-0.3, -0.25) is 4.98 Å². The van der Waals surface area contributed by atoms with E-state index in [9.17, 15) is 0 Å². The maximum absolute atomic E-state index is 5.98. The predicted octanol–water partition coefficient (Wildman–Crippen LogP) is 2.57. The Kier molecular flexibility index (Phi) is 2.48. The molecule has 0 saturated heterocycles. The van der Waals surface area contributed by atoms with Crippen LogP contribution in [0.5, 0.6) is 0 Å². The molecule has 0 aliphatic rings. The topological polar surface area (TPSA) is 56.7 Å². The number of rotatable bonds is 2. The highest BCUT2D eigenvalue weighted by atomic mass is 15.1. The fourth-order valence-electron chi connectivity index (χ4n) is 2.19. The van der Waals surface area contributed by atoms with Gasteiger partial charge in [0.1, 0.15) is 5.82 Å².